The highest BCUT2D eigenvalue weighted by molar-refractivity contribution is 5.22. The standard InChI is InChI=1S/C15H22O/c1-2-14-12-8-4-3-7-11(12)13-9-5-6-10-15(13)16-14/h2,7,12-15H,1,3-6,8-10H2/t12-,13-,14+,15+/m1/s1. The highest BCUT2D eigenvalue weighted by Gasteiger charge is 2.41. The summed E-state index contributed by atoms with van der Waals surface area (Å²) >= 11 is 0. The number of allylic oxidation sites excluding steroid dienone is 1. The summed E-state index contributed by atoms with van der Waals surface area (Å²) in [5, 5.41) is 0. The quantitative estimate of drug-likeness (QED) is 0.607. The molecule has 1 saturated heterocycles. The molecule has 1 aliphatic heterocycles. The lowest BCUT2D eigenvalue weighted by atomic mass is 9.69. The summed E-state index contributed by atoms with van der Waals surface area (Å²) < 4.78 is 6.25. The number of ether oxygens (including phenoxy) is 1. The Bertz CT molecular complexity index is 305. The van der Waals surface area contributed by atoms with Crippen LogP contribution < -0.4 is 0 Å². The molecule has 0 N–H and O–H groups in total. The molecule has 0 aromatic rings. The molecule has 0 aromatic heterocycles. The van der Waals surface area contributed by atoms with Crippen LogP contribution >= 0.6 is 0 Å². The van der Waals surface area contributed by atoms with Crippen molar-refractivity contribution in [3.8, 4) is 0 Å². The molecule has 3 aliphatic rings. The predicted octanol–water partition coefficient (Wildman–Crippen LogP) is 3.86. The Morgan fingerprint density at radius 3 is 2.81 bits per heavy atom. The zero-order valence-electron chi connectivity index (χ0n) is 10.0. The summed E-state index contributed by atoms with van der Waals surface area (Å²) in [4.78, 5) is 0. The van der Waals surface area contributed by atoms with Gasteiger partial charge in [-0.3, -0.25) is 0 Å². The lowest BCUT2D eigenvalue weighted by molar-refractivity contribution is -0.0824. The van der Waals surface area contributed by atoms with Crippen LogP contribution in [0.5, 0.6) is 0 Å². The van der Waals surface area contributed by atoms with E-state index in [0.29, 0.717) is 18.1 Å². The van der Waals surface area contributed by atoms with Crippen molar-refractivity contribution in [3.05, 3.63) is 24.3 Å². The largest absolute Gasteiger partial charge is 0.370 e. The lowest BCUT2D eigenvalue weighted by Gasteiger charge is -2.46. The van der Waals surface area contributed by atoms with Crippen molar-refractivity contribution in [2.75, 3.05) is 0 Å². The summed E-state index contributed by atoms with van der Waals surface area (Å²) in [6.45, 7) is 3.96. The molecule has 3 rings (SSSR count). The minimum Gasteiger partial charge on any atom is -0.370 e. The van der Waals surface area contributed by atoms with E-state index in [-0.39, 0.29) is 0 Å². The van der Waals surface area contributed by atoms with Crippen LogP contribution in [0.25, 0.3) is 0 Å². The van der Waals surface area contributed by atoms with Crippen molar-refractivity contribution in [1.82, 2.24) is 0 Å². The molecule has 0 radical (unpaired) electrons. The SMILES string of the molecule is C=C[C@@H]1O[C@H]2CCCC[C@@H]2C2=CCCC[C@H]21. The fraction of sp³-hybridized carbons (Fsp3) is 0.733. The van der Waals surface area contributed by atoms with E-state index < -0.39 is 0 Å². The van der Waals surface area contributed by atoms with Crippen molar-refractivity contribution in [2.45, 2.75) is 57.2 Å². The molecule has 1 heterocycles. The van der Waals surface area contributed by atoms with Crippen LogP contribution in [-0.4, -0.2) is 12.2 Å². The Labute approximate surface area is 98.6 Å². The van der Waals surface area contributed by atoms with E-state index >= 15 is 0 Å². The molecule has 0 amide bonds. The van der Waals surface area contributed by atoms with E-state index in [0.717, 1.165) is 5.92 Å². The molecule has 0 unspecified atom stereocenters. The third-order valence-electron chi connectivity index (χ3n) is 4.62. The van der Waals surface area contributed by atoms with Crippen molar-refractivity contribution < 1.29 is 4.74 Å². The summed E-state index contributed by atoms with van der Waals surface area (Å²) in [7, 11) is 0. The molecular formula is C15H22O. The Morgan fingerprint density at radius 2 is 1.94 bits per heavy atom. The highest BCUT2D eigenvalue weighted by Crippen LogP contribution is 2.46. The molecular weight excluding hydrogens is 196 g/mol. The van der Waals surface area contributed by atoms with Gasteiger partial charge in [-0.2, -0.15) is 0 Å². The smallest absolute Gasteiger partial charge is 0.0822 e. The van der Waals surface area contributed by atoms with Gasteiger partial charge in [0, 0.05) is 11.8 Å². The minimum absolute atomic E-state index is 0.297. The van der Waals surface area contributed by atoms with Gasteiger partial charge in [-0.1, -0.05) is 30.6 Å². The van der Waals surface area contributed by atoms with Crippen LogP contribution in [-0.2, 0) is 4.74 Å². The predicted molar refractivity (Wildman–Crippen MR) is 66.2 cm³/mol. The van der Waals surface area contributed by atoms with Crippen LogP contribution in [0, 0.1) is 11.8 Å². The summed E-state index contributed by atoms with van der Waals surface area (Å²) in [5.41, 5.74) is 1.73. The molecule has 2 fully saturated rings. The first-order valence-corrected chi connectivity index (χ1v) is 6.88. The van der Waals surface area contributed by atoms with Crippen LogP contribution in [0.1, 0.15) is 44.9 Å². The van der Waals surface area contributed by atoms with Gasteiger partial charge in [0.1, 0.15) is 0 Å². The Balaban J connectivity index is 1.89. The number of rotatable bonds is 1. The second-order valence-corrected chi connectivity index (χ2v) is 5.51. The second-order valence-electron chi connectivity index (χ2n) is 5.51. The summed E-state index contributed by atoms with van der Waals surface area (Å²) in [6, 6.07) is 0. The van der Waals surface area contributed by atoms with Gasteiger partial charge in [-0.25, -0.2) is 0 Å². The Morgan fingerprint density at radius 1 is 1.12 bits per heavy atom. The van der Waals surface area contributed by atoms with Gasteiger partial charge in [-0.15, -0.1) is 6.58 Å². The average Bonchev–Trinajstić information content (AvgIpc) is 2.38. The molecule has 0 spiro atoms. The van der Waals surface area contributed by atoms with Gasteiger partial charge >= 0.3 is 0 Å². The first-order valence-electron chi connectivity index (χ1n) is 6.88. The third kappa shape index (κ3) is 1.66. The first kappa shape index (κ1) is 10.6. The zero-order valence-corrected chi connectivity index (χ0v) is 10.0. The monoisotopic (exact) mass is 218 g/mol. The fourth-order valence-electron chi connectivity index (χ4n) is 3.86. The van der Waals surface area contributed by atoms with Crippen LogP contribution in [0.4, 0.5) is 0 Å². The van der Waals surface area contributed by atoms with E-state index in [1.54, 1.807) is 5.57 Å². The Hall–Kier alpha value is -0.560. The van der Waals surface area contributed by atoms with E-state index in [2.05, 4.69) is 12.7 Å². The maximum Gasteiger partial charge on any atom is 0.0822 e. The molecule has 1 nitrogen and oxygen atoms in total. The van der Waals surface area contributed by atoms with E-state index in [1.165, 1.54) is 44.9 Å². The van der Waals surface area contributed by atoms with E-state index in [4.69, 9.17) is 4.74 Å². The average molecular weight is 218 g/mol. The first-order chi connectivity index (χ1) is 7.90. The van der Waals surface area contributed by atoms with Gasteiger partial charge in [0.25, 0.3) is 0 Å². The number of hydrogen-bond acceptors (Lipinski definition) is 1. The minimum atomic E-state index is 0.297. The molecule has 16 heavy (non-hydrogen) atoms. The van der Waals surface area contributed by atoms with Crippen LogP contribution in [0.15, 0.2) is 24.3 Å². The van der Waals surface area contributed by atoms with E-state index in [9.17, 15) is 0 Å². The topological polar surface area (TPSA) is 9.23 Å². The molecule has 1 heteroatoms. The maximum atomic E-state index is 6.25. The molecule has 1 saturated carbocycles. The highest BCUT2D eigenvalue weighted by atomic mass is 16.5. The molecule has 2 aliphatic carbocycles. The van der Waals surface area contributed by atoms with Gasteiger partial charge in [0.2, 0.25) is 0 Å². The van der Waals surface area contributed by atoms with Crippen molar-refractivity contribution in [1.29, 1.82) is 0 Å². The molecule has 0 bridgehead atoms. The van der Waals surface area contributed by atoms with E-state index in [1.807, 2.05) is 6.08 Å². The number of hydrogen-bond donors (Lipinski definition) is 0. The lowest BCUT2D eigenvalue weighted by Crippen LogP contribution is -2.44. The molecule has 4 atom stereocenters. The maximum absolute atomic E-state index is 6.25. The van der Waals surface area contributed by atoms with Gasteiger partial charge in [0.05, 0.1) is 12.2 Å². The van der Waals surface area contributed by atoms with Crippen LogP contribution in [0.2, 0.25) is 0 Å². The summed E-state index contributed by atoms with van der Waals surface area (Å²) in [6.07, 6.45) is 14.7. The molecule has 88 valence electrons. The fourth-order valence-corrected chi connectivity index (χ4v) is 3.86. The van der Waals surface area contributed by atoms with Crippen molar-refractivity contribution in [3.63, 3.8) is 0 Å². The second kappa shape index (κ2) is 4.37. The number of fused-ring (bicyclic) bond motifs is 3. The van der Waals surface area contributed by atoms with Crippen molar-refractivity contribution >= 4 is 0 Å². The van der Waals surface area contributed by atoms with Gasteiger partial charge in [0.15, 0.2) is 0 Å². The van der Waals surface area contributed by atoms with Gasteiger partial charge < -0.3 is 4.74 Å². The molecule has 0 aromatic carbocycles. The van der Waals surface area contributed by atoms with Crippen molar-refractivity contribution in [2.24, 2.45) is 11.8 Å². The van der Waals surface area contributed by atoms with Gasteiger partial charge in [-0.05, 0) is 32.1 Å². The summed E-state index contributed by atoms with van der Waals surface area (Å²) in [5.74, 6) is 1.40. The third-order valence-corrected chi connectivity index (χ3v) is 4.62. The normalized spacial score (nSPS) is 42.9. The zero-order chi connectivity index (χ0) is 11.0. The Kier molecular flexibility index (Phi) is 2.89. The van der Waals surface area contributed by atoms with Crippen LogP contribution in [0.3, 0.4) is 0 Å².